The minimum atomic E-state index is -0.898. The standard InChI is InChI=1S/C14H13ClN4O2/c15-11-3-1-2-4-13(11)19-9-12(16-17-19)10-5-7-18(8-6-10)14(20)21/h1-5,9H,6-8H2,(H,20,21). The number of rotatable bonds is 2. The zero-order valence-electron chi connectivity index (χ0n) is 11.1. The van der Waals surface area contributed by atoms with Crippen LogP contribution in [0.3, 0.4) is 0 Å². The minimum absolute atomic E-state index is 0.379. The number of benzene rings is 1. The van der Waals surface area contributed by atoms with Gasteiger partial charge in [0.05, 0.1) is 16.9 Å². The molecule has 7 heteroatoms. The molecule has 0 fully saturated rings. The van der Waals surface area contributed by atoms with E-state index in [2.05, 4.69) is 10.3 Å². The summed E-state index contributed by atoms with van der Waals surface area (Å²) in [5.41, 5.74) is 2.52. The van der Waals surface area contributed by atoms with E-state index in [9.17, 15) is 4.79 Å². The van der Waals surface area contributed by atoms with Crippen LogP contribution in [0.4, 0.5) is 4.79 Å². The van der Waals surface area contributed by atoms with Crippen molar-refractivity contribution in [2.45, 2.75) is 6.42 Å². The van der Waals surface area contributed by atoms with Crippen molar-refractivity contribution >= 4 is 23.3 Å². The molecule has 0 saturated heterocycles. The van der Waals surface area contributed by atoms with Gasteiger partial charge in [-0.05, 0) is 24.1 Å². The molecule has 0 atom stereocenters. The van der Waals surface area contributed by atoms with Crippen LogP contribution in [0.1, 0.15) is 12.1 Å². The van der Waals surface area contributed by atoms with E-state index >= 15 is 0 Å². The van der Waals surface area contributed by atoms with Crippen LogP contribution in [0.25, 0.3) is 11.3 Å². The third-order valence-electron chi connectivity index (χ3n) is 3.40. The Morgan fingerprint density at radius 2 is 2.14 bits per heavy atom. The lowest BCUT2D eigenvalue weighted by molar-refractivity contribution is 0.150. The molecule has 0 bridgehead atoms. The molecule has 1 aliphatic heterocycles. The van der Waals surface area contributed by atoms with E-state index in [4.69, 9.17) is 16.7 Å². The van der Waals surface area contributed by atoms with E-state index in [0.717, 1.165) is 17.0 Å². The molecule has 0 aliphatic carbocycles. The fraction of sp³-hybridized carbons (Fsp3) is 0.214. The van der Waals surface area contributed by atoms with Crippen LogP contribution in [0.2, 0.25) is 5.02 Å². The van der Waals surface area contributed by atoms with Crippen LogP contribution in [-0.2, 0) is 0 Å². The van der Waals surface area contributed by atoms with Crippen molar-refractivity contribution in [3.8, 4) is 5.69 Å². The summed E-state index contributed by atoms with van der Waals surface area (Å²) >= 11 is 6.13. The Hall–Kier alpha value is -2.34. The Balaban J connectivity index is 1.83. The van der Waals surface area contributed by atoms with Gasteiger partial charge >= 0.3 is 6.09 Å². The smallest absolute Gasteiger partial charge is 0.407 e. The molecule has 6 nitrogen and oxygen atoms in total. The third-order valence-corrected chi connectivity index (χ3v) is 3.72. The highest BCUT2D eigenvalue weighted by Gasteiger charge is 2.18. The number of nitrogens with zero attached hydrogens (tertiary/aromatic N) is 4. The van der Waals surface area contributed by atoms with Crippen LogP contribution in [0.15, 0.2) is 36.5 Å². The van der Waals surface area contributed by atoms with Gasteiger partial charge in [-0.3, -0.25) is 0 Å². The molecule has 3 rings (SSSR count). The van der Waals surface area contributed by atoms with Gasteiger partial charge < -0.3 is 10.0 Å². The van der Waals surface area contributed by atoms with E-state index in [1.54, 1.807) is 10.7 Å². The molecule has 108 valence electrons. The molecular weight excluding hydrogens is 292 g/mol. The van der Waals surface area contributed by atoms with Crippen LogP contribution in [0.5, 0.6) is 0 Å². The van der Waals surface area contributed by atoms with Crippen molar-refractivity contribution in [1.29, 1.82) is 0 Å². The molecule has 1 aliphatic rings. The van der Waals surface area contributed by atoms with Crippen molar-refractivity contribution in [1.82, 2.24) is 19.9 Å². The van der Waals surface area contributed by atoms with Gasteiger partial charge in [-0.15, -0.1) is 5.10 Å². The predicted molar refractivity (Wildman–Crippen MR) is 78.6 cm³/mol. The Morgan fingerprint density at radius 1 is 1.33 bits per heavy atom. The first-order valence-corrected chi connectivity index (χ1v) is 6.87. The summed E-state index contributed by atoms with van der Waals surface area (Å²) in [6.45, 7) is 0.851. The third kappa shape index (κ3) is 2.75. The van der Waals surface area contributed by atoms with E-state index in [1.807, 2.05) is 30.5 Å². The van der Waals surface area contributed by atoms with E-state index in [1.165, 1.54) is 4.90 Å². The summed E-state index contributed by atoms with van der Waals surface area (Å²) in [5.74, 6) is 0. The molecule has 0 saturated carbocycles. The lowest BCUT2D eigenvalue weighted by Crippen LogP contribution is -2.33. The molecule has 2 heterocycles. The van der Waals surface area contributed by atoms with Crippen molar-refractivity contribution in [2.75, 3.05) is 13.1 Å². The second-order valence-corrected chi connectivity index (χ2v) is 5.11. The molecule has 0 radical (unpaired) electrons. The van der Waals surface area contributed by atoms with Gasteiger partial charge in [-0.2, -0.15) is 0 Å². The molecule has 2 aromatic rings. The lowest BCUT2D eigenvalue weighted by Gasteiger charge is -2.22. The normalized spacial score (nSPS) is 14.9. The average molecular weight is 305 g/mol. The highest BCUT2D eigenvalue weighted by Crippen LogP contribution is 2.23. The zero-order valence-corrected chi connectivity index (χ0v) is 11.9. The summed E-state index contributed by atoms with van der Waals surface area (Å²) in [6.07, 6.45) is 3.42. The van der Waals surface area contributed by atoms with E-state index < -0.39 is 6.09 Å². The number of hydrogen-bond donors (Lipinski definition) is 1. The fourth-order valence-electron chi connectivity index (χ4n) is 2.24. The van der Waals surface area contributed by atoms with Gasteiger partial charge in [0.25, 0.3) is 0 Å². The molecule has 21 heavy (non-hydrogen) atoms. The van der Waals surface area contributed by atoms with Gasteiger partial charge in [0, 0.05) is 13.1 Å². The number of carbonyl (C=O) groups is 1. The van der Waals surface area contributed by atoms with E-state index in [0.29, 0.717) is 24.5 Å². The van der Waals surface area contributed by atoms with Crippen LogP contribution in [0, 0.1) is 0 Å². The van der Waals surface area contributed by atoms with Crippen LogP contribution in [-0.4, -0.2) is 44.2 Å². The number of carboxylic acid groups (broad SMARTS) is 1. The van der Waals surface area contributed by atoms with Crippen LogP contribution >= 0.6 is 11.6 Å². The maximum Gasteiger partial charge on any atom is 0.407 e. The van der Waals surface area contributed by atoms with Gasteiger partial charge in [-0.25, -0.2) is 9.48 Å². The number of hydrogen-bond acceptors (Lipinski definition) is 3. The Labute approximate surface area is 126 Å². The summed E-state index contributed by atoms with van der Waals surface area (Å²) < 4.78 is 1.63. The monoisotopic (exact) mass is 304 g/mol. The quantitative estimate of drug-likeness (QED) is 0.926. The van der Waals surface area contributed by atoms with Gasteiger partial charge in [-0.1, -0.05) is 35.0 Å². The summed E-state index contributed by atoms with van der Waals surface area (Å²) in [5, 5.41) is 17.8. The van der Waals surface area contributed by atoms with Crippen LogP contribution < -0.4 is 0 Å². The highest BCUT2D eigenvalue weighted by molar-refractivity contribution is 6.32. The highest BCUT2D eigenvalue weighted by atomic mass is 35.5. The Morgan fingerprint density at radius 3 is 2.81 bits per heavy atom. The minimum Gasteiger partial charge on any atom is -0.465 e. The molecule has 1 amide bonds. The summed E-state index contributed by atoms with van der Waals surface area (Å²) in [6, 6.07) is 7.39. The molecule has 0 spiro atoms. The summed E-state index contributed by atoms with van der Waals surface area (Å²) in [7, 11) is 0. The maximum atomic E-state index is 10.9. The number of aromatic nitrogens is 3. The number of amides is 1. The largest absolute Gasteiger partial charge is 0.465 e. The molecule has 1 aromatic carbocycles. The van der Waals surface area contributed by atoms with Gasteiger partial charge in [0.15, 0.2) is 0 Å². The fourth-order valence-corrected chi connectivity index (χ4v) is 2.46. The predicted octanol–water partition coefficient (Wildman–Crippen LogP) is 2.69. The molecule has 1 N–H and O–H groups in total. The van der Waals surface area contributed by atoms with Crippen molar-refractivity contribution in [3.05, 3.63) is 47.3 Å². The molecule has 0 unspecified atom stereocenters. The van der Waals surface area contributed by atoms with Gasteiger partial charge in [0.2, 0.25) is 0 Å². The number of para-hydroxylation sites is 1. The van der Waals surface area contributed by atoms with Crippen molar-refractivity contribution in [2.24, 2.45) is 0 Å². The maximum absolute atomic E-state index is 10.9. The first kappa shape index (κ1) is 13.6. The summed E-state index contributed by atoms with van der Waals surface area (Å²) in [4.78, 5) is 12.2. The zero-order chi connectivity index (χ0) is 14.8. The molecule has 1 aromatic heterocycles. The van der Waals surface area contributed by atoms with Crippen molar-refractivity contribution in [3.63, 3.8) is 0 Å². The lowest BCUT2D eigenvalue weighted by atomic mass is 10.1. The topological polar surface area (TPSA) is 71.2 Å². The first-order chi connectivity index (χ1) is 10.1. The Bertz CT molecular complexity index is 711. The average Bonchev–Trinajstić information content (AvgIpc) is 2.97. The van der Waals surface area contributed by atoms with Gasteiger partial charge in [0.1, 0.15) is 5.69 Å². The first-order valence-electron chi connectivity index (χ1n) is 6.49. The SMILES string of the molecule is O=C(O)N1CC=C(c2cn(-c3ccccc3Cl)nn2)CC1. The second-order valence-electron chi connectivity index (χ2n) is 4.71. The number of halogens is 1. The second kappa shape index (κ2) is 5.57. The Kier molecular flexibility index (Phi) is 3.62. The molecular formula is C14H13ClN4O2. The van der Waals surface area contributed by atoms with Crippen molar-refractivity contribution < 1.29 is 9.90 Å². The van der Waals surface area contributed by atoms with E-state index in [-0.39, 0.29) is 0 Å².